The topological polar surface area (TPSA) is 50.4 Å². The number of carbonyl (C=O) groups excluding carboxylic acids is 1. The van der Waals surface area contributed by atoms with Crippen LogP contribution in [-0.4, -0.2) is 41.7 Å². The van der Waals surface area contributed by atoms with Gasteiger partial charge in [-0.1, -0.05) is 18.2 Å². The summed E-state index contributed by atoms with van der Waals surface area (Å²) in [6, 6.07) is 7.88. The number of amides is 2. The van der Waals surface area contributed by atoms with Gasteiger partial charge in [0.05, 0.1) is 12.6 Å². The van der Waals surface area contributed by atoms with Gasteiger partial charge in [0.2, 0.25) is 0 Å². The molecule has 0 spiro atoms. The maximum Gasteiger partial charge on any atom is 0.315 e. The van der Waals surface area contributed by atoms with E-state index in [4.69, 9.17) is 4.74 Å². The lowest BCUT2D eigenvalue weighted by Crippen LogP contribution is -2.42. The Balaban J connectivity index is 1.51. The molecule has 2 atom stereocenters. The van der Waals surface area contributed by atoms with Crippen LogP contribution in [0.5, 0.6) is 5.75 Å². The predicted octanol–water partition coefficient (Wildman–Crippen LogP) is 2.66. The number of hydrogen-bond donors (Lipinski definition) is 2. The molecule has 1 aromatic carbocycles. The van der Waals surface area contributed by atoms with Gasteiger partial charge in [0.25, 0.3) is 0 Å². The van der Waals surface area contributed by atoms with Crippen molar-refractivity contribution in [2.45, 2.75) is 17.7 Å². The highest BCUT2D eigenvalue weighted by molar-refractivity contribution is 8.06. The SMILES string of the molecule is O=C(NC[C@H]1CSCCS1)N[C@H]1CCOc2ccccc21. The van der Waals surface area contributed by atoms with Crippen LogP contribution >= 0.6 is 23.5 Å². The van der Waals surface area contributed by atoms with Crippen LogP contribution in [0, 0.1) is 0 Å². The van der Waals surface area contributed by atoms with Gasteiger partial charge in [0.15, 0.2) is 0 Å². The van der Waals surface area contributed by atoms with E-state index in [9.17, 15) is 4.79 Å². The fourth-order valence-electron chi connectivity index (χ4n) is 2.56. The van der Waals surface area contributed by atoms with Gasteiger partial charge >= 0.3 is 6.03 Å². The molecular weight excluding hydrogens is 304 g/mol. The number of para-hydroxylation sites is 1. The van der Waals surface area contributed by atoms with Gasteiger partial charge in [-0.2, -0.15) is 23.5 Å². The standard InChI is InChI=1S/C15H20N2O2S2/c18-15(16-9-11-10-20-7-8-21-11)17-13-5-6-19-14-4-2-1-3-12(13)14/h1-4,11,13H,5-10H2,(H2,16,17,18)/t11-,13-/m0/s1. The lowest BCUT2D eigenvalue weighted by Gasteiger charge is -2.27. The van der Waals surface area contributed by atoms with Crippen molar-refractivity contribution in [1.82, 2.24) is 10.6 Å². The number of rotatable bonds is 3. The Kier molecular flexibility index (Phi) is 5.19. The third kappa shape index (κ3) is 4.01. The lowest BCUT2D eigenvalue weighted by molar-refractivity contribution is 0.223. The number of thioether (sulfide) groups is 2. The highest BCUT2D eigenvalue weighted by Gasteiger charge is 2.23. The average molecular weight is 324 g/mol. The zero-order valence-corrected chi connectivity index (χ0v) is 13.5. The second-order valence-corrected chi connectivity index (χ2v) is 7.71. The maximum absolute atomic E-state index is 12.1. The third-order valence-corrected chi connectivity index (χ3v) is 6.48. The second-order valence-electron chi connectivity index (χ2n) is 5.15. The molecule has 2 amide bonds. The van der Waals surface area contributed by atoms with E-state index in [1.165, 1.54) is 11.5 Å². The molecule has 2 aliphatic rings. The van der Waals surface area contributed by atoms with E-state index in [1.54, 1.807) is 0 Å². The van der Waals surface area contributed by atoms with E-state index in [0.29, 0.717) is 11.9 Å². The molecular formula is C15H20N2O2S2. The van der Waals surface area contributed by atoms with Crippen LogP contribution in [0.25, 0.3) is 0 Å². The van der Waals surface area contributed by atoms with Gasteiger partial charge in [0.1, 0.15) is 5.75 Å². The number of benzene rings is 1. The molecule has 0 aromatic heterocycles. The van der Waals surface area contributed by atoms with E-state index in [0.717, 1.165) is 30.0 Å². The van der Waals surface area contributed by atoms with Crippen molar-refractivity contribution < 1.29 is 9.53 Å². The minimum Gasteiger partial charge on any atom is -0.493 e. The van der Waals surface area contributed by atoms with Crippen LogP contribution < -0.4 is 15.4 Å². The van der Waals surface area contributed by atoms with E-state index in [1.807, 2.05) is 47.8 Å². The van der Waals surface area contributed by atoms with Gasteiger partial charge in [0, 0.05) is 41.0 Å². The molecule has 0 aliphatic carbocycles. The quantitative estimate of drug-likeness (QED) is 0.897. The summed E-state index contributed by atoms with van der Waals surface area (Å²) in [5.41, 5.74) is 1.07. The van der Waals surface area contributed by atoms with Crippen molar-refractivity contribution in [2.24, 2.45) is 0 Å². The molecule has 4 nitrogen and oxygen atoms in total. The van der Waals surface area contributed by atoms with Crippen molar-refractivity contribution in [3.05, 3.63) is 29.8 Å². The second kappa shape index (κ2) is 7.31. The van der Waals surface area contributed by atoms with Gasteiger partial charge < -0.3 is 15.4 Å². The summed E-state index contributed by atoms with van der Waals surface area (Å²) in [4.78, 5) is 12.1. The van der Waals surface area contributed by atoms with Crippen molar-refractivity contribution in [3.8, 4) is 5.75 Å². The first kappa shape index (κ1) is 14.9. The van der Waals surface area contributed by atoms with E-state index in [2.05, 4.69) is 10.6 Å². The molecule has 1 aromatic rings. The van der Waals surface area contributed by atoms with E-state index < -0.39 is 0 Å². The molecule has 2 heterocycles. The Bertz CT molecular complexity index is 492. The minimum atomic E-state index is -0.0760. The summed E-state index contributed by atoms with van der Waals surface area (Å²) in [6.07, 6.45) is 0.818. The average Bonchev–Trinajstić information content (AvgIpc) is 2.54. The monoisotopic (exact) mass is 324 g/mol. The third-order valence-electron chi connectivity index (χ3n) is 3.64. The molecule has 114 valence electrons. The number of fused-ring (bicyclic) bond motifs is 1. The highest BCUT2D eigenvalue weighted by atomic mass is 32.2. The smallest absolute Gasteiger partial charge is 0.315 e. The zero-order chi connectivity index (χ0) is 14.5. The molecule has 0 bridgehead atoms. The fourth-order valence-corrected chi connectivity index (χ4v) is 5.17. The Morgan fingerprint density at radius 1 is 1.33 bits per heavy atom. The van der Waals surface area contributed by atoms with Crippen LogP contribution in [0.3, 0.4) is 0 Å². The summed E-state index contributed by atoms with van der Waals surface area (Å²) in [5.74, 6) is 4.43. The van der Waals surface area contributed by atoms with Crippen molar-refractivity contribution in [2.75, 3.05) is 30.4 Å². The Labute approximate surface area is 133 Å². The summed E-state index contributed by atoms with van der Waals surface area (Å²) >= 11 is 3.93. The molecule has 2 N–H and O–H groups in total. The Morgan fingerprint density at radius 2 is 2.24 bits per heavy atom. The molecule has 3 rings (SSSR count). The molecule has 1 fully saturated rings. The van der Waals surface area contributed by atoms with Crippen LogP contribution in [-0.2, 0) is 0 Å². The lowest BCUT2D eigenvalue weighted by atomic mass is 10.0. The zero-order valence-electron chi connectivity index (χ0n) is 11.8. The van der Waals surface area contributed by atoms with Crippen LogP contribution in [0.2, 0.25) is 0 Å². The van der Waals surface area contributed by atoms with Gasteiger partial charge in [-0.05, 0) is 6.07 Å². The first-order chi connectivity index (χ1) is 10.3. The number of hydrogen-bond acceptors (Lipinski definition) is 4. The molecule has 0 radical (unpaired) electrons. The number of ether oxygens (including phenoxy) is 1. The van der Waals surface area contributed by atoms with Gasteiger partial charge in [-0.3, -0.25) is 0 Å². The summed E-state index contributed by atoms with van der Waals surface area (Å²) < 4.78 is 5.61. The van der Waals surface area contributed by atoms with E-state index in [-0.39, 0.29) is 12.1 Å². The van der Waals surface area contributed by atoms with Crippen LogP contribution in [0.15, 0.2) is 24.3 Å². The normalized spacial score (nSPS) is 24.6. The molecule has 21 heavy (non-hydrogen) atoms. The van der Waals surface area contributed by atoms with Gasteiger partial charge in [-0.25, -0.2) is 4.79 Å². The Morgan fingerprint density at radius 3 is 3.10 bits per heavy atom. The highest BCUT2D eigenvalue weighted by Crippen LogP contribution is 2.31. The molecule has 0 unspecified atom stereocenters. The van der Waals surface area contributed by atoms with Crippen molar-refractivity contribution in [1.29, 1.82) is 0 Å². The summed E-state index contributed by atoms with van der Waals surface area (Å²) in [7, 11) is 0. The molecule has 1 saturated heterocycles. The number of urea groups is 1. The largest absolute Gasteiger partial charge is 0.493 e. The van der Waals surface area contributed by atoms with Crippen LogP contribution in [0.1, 0.15) is 18.0 Å². The van der Waals surface area contributed by atoms with Crippen molar-refractivity contribution in [3.63, 3.8) is 0 Å². The summed E-state index contributed by atoms with van der Waals surface area (Å²) in [6.45, 7) is 1.39. The van der Waals surface area contributed by atoms with Crippen molar-refractivity contribution >= 4 is 29.6 Å². The number of nitrogens with one attached hydrogen (secondary N) is 2. The minimum absolute atomic E-state index is 0.0448. The first-order valence-corrected chi connectivity index (χ1v) is 9.49. The van der Waals surface area contributed by atoms with Gasteiger partial charge in [-0.15, -0.1) is 0 Å². The van der Waals surface area contributed by atoms with E-state index >= 15 is 0 Å². The first-order valence-electron chi connectivity index (χ1n) is 7.28. The number of carbonyl (C=O) groups is 1. The fraction of sp³-hybridized carbons (Fsp3) is 0.533. The molecule has 2 aliphatic heterocycles. The maximum atomic E-state index is 12.1. The van der Waals surface area contributed by atoms with Crippen LogP contribution in [0.4, 0.5) is 4.79 Å². The Hall–Kier alpha value is -1.01. The summed E-state index contributed by atoms with van der Waals surface area (Å²) in [5, 5.41) is 6.61. The molecule has 6 heteroatoms. The molecule has 0 saturated carbocycles. The predicted molar refractivity (Wildman–Crippen MR) is 89.4 cm³/mol.